The van der Waals surface area contributed by atoms with Gasteiger partial charge in [-0.05, 0) is 19.3 Å². The molecular formula is C16H27N3O3. The highest BCUT2D eigenvalue weighted by atomic mass is 16.5. The number of morpholine rings is 1. The molecule has 3 fully saturated rings. The summed E-state index contributed by atoms with van der Waals surface area (Å²) in [5.41, 5.74) is 0. The first-order valence-electron chi connectivity index (χ1n) is 8.47. The van der Waals surface area contributed by atoms with E-state index in [1.54, 1.807) is 0 Å². The zero-order valence-electron chi connectivity index (χ0n) is 13.7. The van der Waals surface area contributed by atoms with Gasteiger partial charge in [0.15, 0.2) is 0 Å². The van der Waals surface area contributed by atoms with Crippen LogP contribution in [0.15, 0.2) is 0 Å². The summed E-state index contributed by atoms with van der Waals surface area (Å²) >= 11 is 0. The van der Waals surface area contributed by atoms with E-state index in [1.807, 2.05) is 16.7 Å². The first kappa shape index (κ1) is 15.7. The van der Waals surface area contributed by atoms with Crippen molar-refractivity contribution in [1.82, 2.24) is 14.7 Å². The average molecular weight is 309 g/mol. The van der Waals surface area contributed by atoms with Gasteiger partial charge in [0.2, 0.25) is 11.8 Å². The summed E-state index contributed by atoms with van der Waals surface area (Å²) in [6, 6.07) is -0.102. The Bertz CT molecular complexity index is 428. The third-order valence-corrected chi connectivity index (χ3v) is 5.28. The Morgan fingerprint density at radius 2 is 1.59 bits per heavy atom. The Labute approximate surface area is 132 Å². The second kappa shape index (κ2) is 6.54. The van der Waals surface area contributed by atoms with Gasteiger partial charge in [-0.3, -0.25) is 14.5 Å². The van der Waals surface area contributed by atoms with Gasteiger partial charge in [0.1, 0.15) is 0 Å². The maximum atomic E-state index is 12.5. The molecule has 6 nitrogen and oxygen atoms in total. The number of hydrogen-bond acceptors (Lipinski definition) is 4. The predicted octanol–water partition coefficient (Wildman–Crippen LogP) is 0.0339. The van der Waals surface area contributed by atoms with Crippen molar-refractivity contribution in [2.75, 3.05) is 52.5 Å². The highest BCUT2D eigenvalue weighted by molar-refractivity contribution is 5.82. The van der Waals surface area contributed by atoms with Gasteiger partial charge in [-0.1, -0.05) is 6.92 Å². The summed E-state index contributed by atoms with van der Waals surface area (Å²) < 4.78 is 5.30. The van der Waals surface area contributed by atoms with Crippen LogP contribution in [0.1, 0.15) is 20.3 Å². The normalized spacial score (nSPS) is 31.0. The fourth-order valence-electron chi connectivity index (χ4n) is 3.43. The minimum atomic E-state index is -0.102. The molecule has 0 spiro atoms. The van der Waals surface area contributed by atoms with Gasteiger partial charge < -0.3 is 14.5 Å². The maximum absolute atomic E-state index is 12.5. The Kier molecular flexibility index (Phi) is 4.68. The number of carbonyl (C=O) groups is 2. The second-order valence-electron chi connectivity index (χ2n) is 6.79. The molecule has 0 aromatic rings. The zero-order valence-corrected chi connectivity index (χ0v) is 13.7. The van der Waals surface area contributed by atoms with Crippen LogP contribution in [0.2, 0.25) is 0 Å². The van der Waals surface area contributed by atoms with Crippen LogP contribution < -0.4 is 0 Å². The van der Waals surface area contributed by atoms with Crippen LogP contribution in [-0.2, 0) is 14.3 Å². The number of amides is 2. The lowest BCUT2D eigenvalue weighted by atomic mass is 10.2. The van der Waals surface area contributed by atoms with Gasteiger partial charge in [-0.2, -0.15) is 0 Å². The summed E-state index contributed by atoms with van der Waals surface area (Å²) in [4.78, 5) is 30.9. The molecule has 3 rings (SSSR count). The molecule has 22 heavy (non-hydrogen) atoms. The smallest absolute Gasteiger partial charge is 0.239 e. The summed E-state index contributed by atoms with van der Waals surface area (Å²) in [6.07, 6.45) is 1.05. The minimum absolute atomic E-state index is 0.102. The first-order chi connectivity index (χ1) is 10.6. The molecule has 2 aliphatic heterocycles. The molecule has 1 saturated carbocycles. The van der Waals surface area contributed by atoms with E-state index >= 15 is 0 Å². The average Bonchev–Trinajstić information content (AvgIpc) is 3.30. The van der Waals surface area contributed by atoms with Crippen molar-refractivity contribution in [3.05, 3.63) is 0 Å². The first-order valence-corrected chi connectivity index (χ1v) is 8.47. The van der Waals surface area contributed by atoms with E-state index in [0.29, 0.717) is 38.1 Å². The number of carbonyl (C=O) groups excluding carboxylic acids is 2. The SMILES string of the molecule is C[C@@H]1C[C@@H]1C(=O)N1CCN([C@@H](C)C(=O)N2CCOCC2)CC1. The number of rotatable bonds is 3. The lowest BCUT2D eigenvalue weighted by Gasteiger charge is -2.39. The zero-order chi connectivity index (χ0) is 15.7. The van der Waals surface area contributed by atoms with Gasteiger partial charge in [-0.25, -0.2) is 0 Å². The van der Waals surface area contributed by atoms with E-state index in [1.165, 1.54) is 0 Å². The predicted molar refractivity (Wildman–Crippen MR) is 82.3 cm³/mol. The quantitative estimate of drug-likeness (QED) is 0.738. The number of ether oxygens (including phenoxy) is 1. The van der Waals surface area contributed by atoms with Gasteiger partial charge in [0.25, 0.3) is 0 Å². The van der Waals surface area contributed by atoms with Crippen molar-refractivity contribution in [3.63, 3.8) is 0 Å². The Balaban J connectivity index is 1.47. The van der Waals surface area contributed by atoms with Crippen LogP contribution in [0, 0.1) is 11.8 Å². The molecule has 2 amide bonds. The van der Waals surface area contributed by atoms with Crippen molar-refractivity contribution < 1.29 is 14.3 Å². The van der Waals surface area contributed by atoms with E-state index in [4.69, 9.17) is 4.74 Å². The summed E-state index contributed by atoms with van der Waals surface area (Å²) in [6.45, 7) is 9.89. The van der Waals surface area contributed by atoms with Crippen LogP contribution in [0.25, 0.3) is 0 Å². The highest BCUT2D eigenvalue weighted by Gasteiger charge is 2.42. The molecule has 0 bridgehead atoms. The number of nitrogens with zero attached hydrogens (tertiary/aromatic N) is 3. The van der Waals surface area contributed by atoms with Crippen LogP contribution in [0.4, 0.5) is 0 Å². The molecule has 0 aromatic carbocycles. The van der Waals surface area contributed by atoms with Crippen LogP contribution in [0.3, 0.4) is 0 Å². The van der Waals surface area contributed by atoms with E-state index in [9.17, 15) is 9.59 Å². The number of piperazine rings is 1. The van der Waals surface area contributed by atoms with Crippen molar-refractivity contribution in [1.29, 1.82) is 0 Å². The monoisotopic (exact) mass is 309 g/mol. The second-order valence-corrected chi connectivity index (χ2v) is 6.79. The lowest BCUT2D eigenvalue weighted by molar-refractivity contribution is -0.142. The largest absolute Gasteiger partial charge is 0.378 e. The van der Waals surface area contributed by atoms with Crippen LogP contribution >= 0.6 is 0 Å². The molecule has 2 saturated heterocycles. The molecular weight excluding hydrogens is 282 g/mol. The minimum Gasteiger partial charge on any atom is -0.378 e. The molecule has 6 heteroatoms. The van der Waals surface area contributed by atoms with Crippen molar-refractivity contribution in [2.45, 2.75) is 26.3 Å². The maximum Gasteiger partial charge on any atom is 0.239 e. The molecule has 0 aromatic heterocycles. The molecule has 1 aliphatic carbocycles. The Morgan fingerprint density at radius 3 is 2.14 bits per heavy atom. The fourth-order valence-corrected chi connectivity index (χ4v) is 3.43. The Morgan fingerprint density at radius 1 is 1.00 bits per heavy atom. The third-order valence-electron chi connectivity index (χ3n) is 5.28. The molecule has 0 N–H and O–H groups in total. The van der Waals surface area contributed by atoms with Crippen molar-refractivity contribution in [3.8, 4) is 0 Å². The standard InChI is InChI=1S/C16H27N3O3/c1-12-11-14(12)16(21)18-5-3-17(4-6-18)13(2)15(20)19-7-9-22-10-8-19/h12-14H,3-11H2,1-2H3/t12-,13+,14+/m1/s1. The molecule has 0 unspecified atom stereocenters. The van der Waals surface area contributed by atoms with E-state index in [-0.39, 0.29) is 17.9 Å². The van der Waals surface area contributed by atoms with E-state index < -0.39 is 0 Å². The van der Waals surface area contributed by atoms with Gasteiger partial charge in [0.05, 0.1) is 19.3 Å². The summed E-state index contributed by atoms with van der Waals surface area (Å²) in [7, 11) is 0. The van der Waals surface area contributed by atoms with Gasteiger partial charge >= 0.3 is 0 Å². The topological polar surface area (TPSA) is 53.1 Å². The lowest BCUT2D eigenvalue weighted by Crippen LogP contribution is -2.56. The van der Waals surface area contributed by atoms with Gasteiger partial charge in [0, 0.05) is 45.2 Å². The van der Waals surface area contributed by atoms with E-state index in [0.717, 1.165) is 32.6 Å². The summed E-state index contributed by atoms with van der Waals surface area (Å²) in [5.74, 6) is 1.34. The molecule has 3 aliphatic rings. The van der Waals surface area contributed by atoms with Crippen molar-refractivity contribution >= 4 is 11.8 Å². The number of hydrogen-bond donors (Lipinski definition) is 0. The highest BCUT2D eigenvalue weighted by Crippen LogP contribution is 2.39. The van der Waals surface area contributed by atoms with Gasteiger partial charge in [-0.15, -0.1) is 0 Å². The third kappa shape index (κ3) is 3.27. The molecule has 3 atom stereocenters. The molecule has 2 heterocycles. The van der Waals surface area contributed by atoms with Crippen LogP contribution in [-0.4, -0.2) is 85.0 Å². The molecule has 0 radical (unpaired) electrons. The van der Waals surface area contributed by atoms with E-state index in [2.05, 4.69) is 11.8 Å². The Hall–Kier alpha value is -1.14. The van der Waals surface area contributed by atoms with Crippen molar-refractivity contribution in [2.24, 2.45) is 11.8 Å². The molecule has 124 valence electrons. The van der Waals surface area contributed by atoms with Crippen LogP contribution in [0.5, 0.6) is 0 Å². The fraction of sp³-hybridized carbons (Fsp3) is 0.875. The summed E-state index contributed by atoms with van der Waals surface area (Å²) in [5, 5.41) is 0.